The number of fused-ring (bicyclic) bond motifs is 2. The number of nitrogens with two attached hydrogens (primary N) is 1. The maximum Gasteiger partial charge on any atom is 0.341 e. The average Bonchev–Trinajstić information content (AvgIpc) is 2.68. The average molecular weight is 392 g/mol. The molecule has 29 heavy (non-hydrogen) atoms. The highest BCUT2D eigenvalue weighted by Crippen LogP contribution is 2.38. The van der Waals surface area contributed by atoms with Gasteiger partial charge in [0.15, 0.2) is 0 Å². The minimum Gasteiger partial charge on any atom is -0.462 e. The van der Waals surface area contributed by atoms with Gasteiger partial charge in [-0.25, -0.2) is 4.79 Å². The number of carbonyl (C=O) groups is 1. The van der Waals surface area contributed by atoms with Crippen molar-refractivity contribution in [1.29, 1.82) is 0 Å². The molecule has 0 spiro atoms. The third-order valence-electron chi connectivity index (χ3n) is 5.53. The Bertz CT molecular complexity index is 1220. The fourth-order valence-corrected chi connectivity index (χ4v) is 3.71. The fraction of sp³-hybridized carbons (Fsp3) is 0.348. The van der Waals surface area contributed by atoms with E-state index in [9.17, 15) is 9.59 Å². The smallest absolute Gasteiger partial charge is 0.341 e. The van der Waals surface area contributed by atoms with Crippen molar-refractivity contribution in [2.45, 2.75) is 40.0 Å². The van der Waals surface area contributed by atoms with Gasteiger partial charge in [0.25, 0.3) is 0 Å². The molecule has 2 heterocycles. The zero-order valence-corrected chi connectivity index (χ0v) is 16.9. The Hall–Kier alpha value is -3.15. The van der Waals surface area contributed by atoms with Gasteiger partial charge in [0.1, 0.15) is 17.0 Å². The van der Waals surface area contributed by atoms with E-state index in [0.29, 0.717) is 16.4 Å². The summed E-state index contributed by atoms with van der Waals surface area (Å²) in [5, 5.41) is 0.674. The monoisotopic (exact) mass is 392 g/mol. The van der Waals surface area contributed by atoms with Gasteiger partial charge in [0, 0.05) is 0 Å². The largest absolute Gasteiger partial charge is 0.462 e. The number of allylic oxidation sites excluding steroid dienone is 2. The molecule has 2 N–H and O–H groups in total. The lowest BCUT2D eigenvalue weighted by Crippen LogP contribution is -2.14. The van der Waals surface area contributed by atoms with Gasteiger partial charge in [0.05, 0.1) is 17.4 Å². The number of anilines is 1. The van der Waals surface area contributed by atoms with Crippen LogP contribution in [-0.2, 0) is 4.74 Å². The molecule has 0 saturated carbocycles. The molecule has 1 aliphatic rings. The first-order valence-electron chi connectivity index (χ1n) is 9.83. The summed E-state index contributed by atoms with van der Waals surface area (Å²) in [5.41, 5.74) is 8.83. The van der Waals surface area contributed by atoms with E-state index in [1.54, 1.807) is 13.0 Å². The lowest BCUT2D eigenvalue weighted by Gasteiger charge is -2.28. The van der Waals surface area contributed by atoms with Crippen molar-refractivity contribution in [3.05, 3.63) is 51.7 Å². The summed E-state index contributed by atoms with van der Waals surface area (Å²) in [6.07, 6.45) is 5.35. The molecule has 2 aromatic heterocycles. The second kappa shape index (κ2) is 7.03. The molecule has 0 aliphatic heterocycles. The molecule has 0 fully saturated rings. The molecule has 1 aromatic carbocycles. The van der Waals surface area contributed by atoms with Gasteiger partial charge in [-0.3, -0.25) is 4.79 Å². The maximum atomic E-state index is 13.2. The van der Waals surface area contributed by atoms with E-state index in [1.165, 1.54) is 11.6 Å². The predicted molar refractivity (Wildman–Crippen MR) is 114 cm³/mol. The van der Waals surface area contributed by atoms with E-state index >= 15 is 0 Å². The zero-order chi connectivity index (χ0) is 20.8. The van der Waals surface area contributed by atoms with Crippen LogP contribution in [0.3, 0.4) is 0 Å². The summed E-state index contributed by atoms with van der Waals surface area (Å²) in [6, 6.07) is 7.04. The molecule has 0 bridgehead atoms. The molecule has 0 saturated heterocycles. The minimum absolute atomic E-state index is 0.0231. The first-order chi connectivity index (χ1) is 13.8. The van der Waals surface area contributed by atoms with E-state index in [4.69, 9.17) is 14.9 Å². The van der Waals surface area contributed by atoms with Crippen LogP contribution >= 0.6 is 0 Å². The minimum atomic E-state index is -0.609. The first kappa shape index (κ1) is 19.2. The van der Waals surface area contributed by atoms with Crippen LogP contribution in [0.2, 0.25) is 0 Å². The number of ether oxygens (including phenoxy) is 1. The number of nitrogens with zero attached hydrogens (tertiary/aromatic N) is 1. The molecule has 0 radical (unpaired) electrons. The summed E-state index contributed by atoms with van der Waals surface area (Å²) in [4.78, 5) is 29.4. The quantitative estimate of drug-likeness (QED) is 0.513. The van der Waals surface area contributed by atoms with E-state index in [2.05, 4.69) is 24.9 Å². The number of hydrogen-bond acceptors (Lipinski definition) is 6. The third-order valence-corrected chi connectivity index (χ3v) is 5.53. The van der Waals surface area contributed by atoms with Crippen LogP contribution < -0.4 is 11.2 Å². The second-order valence-electron chi connectivity index (χ2n) is 8.23. The van der Waals surface area contributed by atoms with E-state index in [1.807, 2.05) is 12.1 Å². The molecular formula is C23H24N2O4. The van der Waals surface area contributed by atoms with Crippen molar-refractivity contribution in [2.75, 3.05) is 12.3 Å². The summed E-state index contributed by atoms with van der Waals surface area (Å²) < 4.78 is 10.8. The van der Waals surface area contributed by atoms with Crippen molar-refractivity contribution in [2.24, 2.45) is 5.41 Å². The van der Waals surface area contributed by atoms with Crippen molar-refractivity contribution in [1.82, 2.24) is 4.98 Å². The normalized spacial score (nSPS) is 16.0. The Morgan fingerprint density at radius 2 is 2.07 bits per heavy atom. The number of nitrogen functional groups attached to an aromatic ring is 1. The third kappa shape index (κ3) is 3.50. The van der Waals surface area contributed by atoms with Gasteiger partial charge in [-0.2, -0.15) is 4.98 Å². The summed E-state index contributed by atoms with van der Waals surface area (Å²) in [6.45, 7) is 6.44. The molecule has 0 amide bonds. The Kier molecular flexibility index (Phi) is 4.65. The topological polar surface area (TPSA) is 95.4 Å². The standard InChI is InChI=1S/C23H24N2O4/c1-4-28-22(27)17-12-16-19(26)15-11-14(13-7-9-23(2,3)10-8-13)5-6-18(15)29-21(16)25-20(17)24/h5-7,11-12H,4,8-10H2,1-3H3,(H2,24,25). The highest BCUT2D eigenvalue weighted by atomic mass is 16.5. The highest BCUT2D eigenvalue weighted by Gasteiger charge is 2.23. The molecule has 0 atom stereocenters. The van der Waals surface area contributed by atoms with Crippen LogP contribution in [0.4, 0.5) is 5.82 Å². The van der Waals surface area contributed by atoms with Crippen molar-refractivity contribution >= 4 is 39.4 Å². The van der Waals surface area contributed by atoms with E-state index < -0.39 is 5.97 Å². The first-order valence-corrected chi connectivity index (χ1v) is 9.83. The number of rotatable bonds is 3. The number of pyridine rings is 1. The van der Waals surface area contributed by atoms with Crippen LogP contribution in [0.25, 0.3) is 27.6 Å². The molecule has 6 heteroatoms. The summed E-state index contributed by atoms with van der Waals surface area (Å²) in [7, 11) is 0. The van der Waals surface area contributed by atoms with Crippen LogP contribution in [0.15, 0.2) is 39.6 Å². The van der Waals surface area contributed by atoms with Crippen molar-refractivity contribution < 1.29 is 13.9 Å². The highest BCUT2D eigenvalue weighted by molar-refractivity contribution is 5.99. The molecule has 0 unspecified atom stereocenters. The SMILES string of the molecule is CCOC(=O)c1cc2c(=O)c3cc(C4=CCC(C)(C)CC4)ccc3oc2nc1N. The van der Waals surface area contributed by atoms with Crippen molar-refractivity contribution in [3.8, 4) is 0 Å². The molecule has 1 aliphatic carbocycles. The van der Waals surface area contributed by atoms with Gasteiger partial charge >= 0.3 is 5.97 Å². The van der Waals surface area contributed by atoms with Crippen LogP contribution in [0.1, 0.15) is 56.0 Å². The van der Waals surface area contributed by atoms with E-state index in [-0.39, 0.29) is 34.5 Å². The fourth-order valence-electron chi connectivity index (χ4n) is 3.71. The lowest BCUT2D eigenvalue weighted by molar-refractivity contribution is 0.0527. The Balaban J connectivity index is 1.86. The van der Waals surface area contributed by atoms with Gasteiger partial charge < -0.3 is 14.9 Å². The number of aromatic nitrogens is 1. The molecule has 6 nitrogen and oxygen atoms in total. The predicted octanol–water partition coefficient (Wildman–Crippen LogP) is 4.69. The Morgan fingerprint density at radius 1 is 1.28 bits per heavy atom. The number of benzene rings is 1. The number of esters is 1. The van der Waals surface area contributed by atoms with Crippen LogP contribution in [0.5, 0.6) is 0 Å². The number of hydrogen-bond donors (Lipinski definition) is 1. The van der Waals surface area contributed by atoms with Gasteiger partial charge in [0.2, 0.25) is 11.1 Å². The van der Waals surface area contributed by atoms with Gasteiger partial charge in [-0.15, -0.1) is 0 Å². The van der Waals surface area contributed by atoms with Crippen LogP contribution in [0, 0.1) is 5.41 Å². The molecular weight excluding hydrogens is 368 g/mol. The molecule has 3 aromatic rings. The lowest BCUT2D eigenvalue weighted by atomic mass is 9.77. The van der Waals surface area contributed by atoms with Crippen LogP contribution in [-0.4, -0.2) is 17.6 Å². The zero-order valence-electron chi connectivity index (χ0n) is 16.9. The Morgan fingerprint density at radius 3 is 2.76 bits per heavy atom. The Labute approximate surface area is 168 Å². The van der Waals surface area contributed by atoms with Gasteiger partial charge in [-0.05, 0) is 60.9 Å². The van der Waals surface area contributed by atoms with Gasteiger partial charge in [-0.1, -0.05) is 26.0 Å². The maximum absolute atomic E-state index is 13.2. The second-order valence-corrected chi connectivity index (χ2v) is 8.23. The number of carbonyl (C=O) groups excluding carboxylic acids is 1. The molecule has 150 valence electrons. The van der Waals surface area contributed by atoms with Crippen molar-refractivity contribution in [3.63, 3.8) is 0 Å². The summed E-state index contributed by atoms with van der Waals surface area (Å²) in [5.74, 6) is -0.632. The van der Waals surface area contributed by atoms with E-state index in [0.717, 1.165) is 24.8 Å². The molecule has 4 rings (SSSR count). The summed E-state index contributed by atoms with van der Waals surface area (Å²) >= 11 is 0.